The number of benzene rings is 3. The largest absolute Gasteiger partial charge is 0.486 e. The average molecular weight is 528 g/mol. The van der Waals surface area contributed by atoms with Crippen LogP contribution in [0.2, 0.25) is 0 Å². The van der Waals surface area contributed by atoms with Gasteiger partial charge < -0.3 is 29.2 Å². The van der Waals surface area contributed by atoms with Gasteiger partial charge in [-0.15, -0.1) is 0 Å². The van der Waals surface area contributed by atoms with E-state index in [1.807, 2.05) is 73.7 Å². The number of amides is 1. The second-order valence-corrected chi connectivity index (χ2v) is 10.2. The molecule has 1 aromatic heterocycles. The SMILES string of the molecule is C[C@@H](OC(=O)Nc1ccc(-c2c(N)c3ccc(OC4COCOC4)cc3n2C2CCC2)cc1)c1ccccc1. The van der Waals surface area contributed by atoms with Gasteiger partial charge in [-0.2, -0.15) is 0 Å². The first-order valence-electron chi connectivity index (χ1n) is 13.5. The third-order valence-corrected chi connectivity index (χ3v) is 7.49. The summed E-state index contributed by atoms with van der Waals surface area (Å²) in [5, 5.41) is 3.83. The maximum absolute atomic E-state index is 12.5. The first kappa shape index (κ1) is 25.3. The summed E-state index contributed by atoms with van der Waals surface area (Å²) in [6.07, 6.45) is 2.43. The van der Waals surface area contributed by atoms with E-state index >= 15 is 0 Å². The molecule has 2 heterocycles. The summed E-state index contributed by atoms with van der Waals surface area (Å²) in [6, 6.07) is 23.8. The second kappa shape index (κ2) is 11.0. The molecular weight excluding hydrogens is 494 g/mol. The van der Waals surface area contributed by atoms with Gasteiger partial charge in [0.25, 0.3) is 0 Å². The van der Waals surface area contributed by atoms with Gasteiger partial charge in [-0.1, -0.05) is 42.5 Å². The van der Waals surface area contributed by atoms with Gasteiger partial charge in [0.2, 0.25) is 0 Å². The van der Waals surface area contributed by atoms with E-state index in [9.17, 15) is 4.79 Å². The lowest BCUT2D eigenvalue weighted by Gasteiger charge is -2.30. The number of hydrogen-bond donors (Lipinski definition) is 2. The summed E-state index contributed by atoms with van der Waals surface area (Å²) in [4.78, 5) is 12.5. The van der Waals surface area contributed by atoms with Crippen LogP contribution in [0.15, 0.2) is 72.8 Å². The molecule has 1 atom stereocenters. The summed E-state index contributed by atoms with van der Waals surface area (Å²) in [5.41, 5.74) is 12.1. The highest BCUT2D eigenvalue weighted by Crippen LogP contribution is 2.45. The lowest BCUT2D eigenvalue weighted by atomic mass is 9.92. The van der Waals surface area contributed by atoms with E-state index in [1.165, 1.54) is 6.42 Å². The minimum atomic E-state index is -0.497. The van der Waals surface area contributed by atoms with Crippen molar-refractivity contribution in [3.05, 3.63) is 78.4 Å². The standard InChI is InChI=1S/C31H33N3O5/c1-20(21-6-3-2-4-7-21)38-31(35)33-23-12-10-22(11-13-23)30-29(32)27-15-14-25(39-26-17-36-19-37-18-26)16-28(27)34(30)24-8-5-9-24/h2-4,6-7,10-16,20,24,26H,5,8-9,17-19,32H2,1H3,(H,33,35)/t20-/m1/s1. The van der Waals surface area contributed by atoms with E-state index in [2.05, 4.69) is 16.0 Å². The Morgan fingerprint density at radius 2 is 1.77 bits per heavy atom. The highest BCUT2D eigenvalue weighted by Gasteiger charge is 2.27. The van der Waals surface area contributed by atoms with Crippen LogP contribution in [-0.4, -0.2) is 36.8 Å². The van der Waals surface area contributed by atoms with Crippen LogP contribution in [-0.2, 0) is 14.2 Å². The normalized spacial score (nSPS) is 16.9. The molecule has 1 saturated carbocycles. The molecule has 1 saturated heterocycles. The van der Waals surface area contributed by atoms with E-state index in [-0.39, 0.29) is 12.2 Å². The van der Waals surface area contributed by atoms with Crippen LogP contribution in [0.4, 0.5) is 16.2 Å². The molecule has 0 bridgehead atoms. The van der Waals surface area contributed by atoms with Crippen molar-refractivity contribution in [1.82, 2.24) is 4.57 Å². The number of nitrogens with two attached hydrogens (primary N) is 1. The number of ether oxygens (including phenoxy) is 4. The van der Waals surface area contributed by atoms with Crippen LogP contribution in [0.1, 0.15) is 43.9 Å². The van der Waals surface area contributed by atoms with Crippen molar-refractivity contribution in [2.45, 2.75) is 44.4 Å². The van der Waals surface area contributed by atoms with E-state index in [0.29, 0.717) is 31.7 Å². The maximum atomic E-state index is 12.5. The quantitative estimate of drug-likeness (QED) is 0.278. The summed E-state index contributed by atoms with van der Waals surface area (Å²) in [7, 11) is 0. The number of fused-ring (bicyclic) bond motifs is 1. The third kappa shape index (κ3) is 5.30. The number of aromatic nitrogens is 1. The highest BCUT2D eigenvalue weighted by molar-refractivity contribution is 6.01. The lowest BCUT2D eigenvalue weighted by molar-refractivity contribution is -0.143. The molecule has 2 aliphatic rings. The fourth-order valence-electron chi connectivity index (χ4n) is 5.25. The first-order chi connectivity index (χ1) is 19.1. The summed E-state index contributed by atoms with van der Waals surface area (Å²) >= 11 is 0. The number of anilines is 2. The Kier molecular flexibility index (Phi) is 7.13. The molecule has 1 aliphatic carbocycles. The van der Waals surface area contributed by atoms with Crippen molar-refractivity contribution in [1.29, 1.82) is 0 Å². The van der Waals surface area contributed by atoms with Gasteiger partial charge >= 0.3 is 6.09 Å². The second-order valence-electron chi connectivity index (χ2n) is 10.2. The number of nitrogen functional groups attached to an aromatic ring is 1. The maximum Gasteiger partial charge on any atom is 0.412 e. The molecule has 4 aromatic rings. The molecule has 1 amide bonds. The zero-order valence-corrected chi connectivity index (χ0v) is 22.0. The van der Waals surface area contributed by atoms with Crippen molar-refractivity contribution in [3.63, 3.8) is 0 Å². The van der Waals surface area contributed by atoms with Gasteiger partial charge in [0.1, 0.15) is 24.8 Å². The van der Waals surface area contributed by atoms with Crippen LogP contribution in [0, 0.1) is 0 Å². The van der Waals surface area contributed by atoms with Crippen LogP contribution in [0.25, 0.3) is 22.2 Å². The smallest absolute Gasteiger partial charge is 0.412 e. The summed E-state index contributed by atoms with van der Waals surface area (Å²) in [6.45, 7) is 3.18. The Bertz CT molecular complexity index is 1440. The molecule has 3 N–H and O–H groups in total. The minimum absolute atomic E-state index is 0.137. The van der Waals surface area contributed by atoms with Crippen LogP contribution in [0.5, 0.6) is 5.75 Å². The van der Waals surface area contributed by atoms with Crippen molar-refractivity contribution < 1.29 is 23.7 Å². The predicted molar refractivity (Wildman–Crippen MR) is 151 cm³/mol. The van der Waals surface area contributed by atoms with E-state index < -0.39 is 6.09 Å². The Morgan fingerprint density at radius 1 is 1.03 bits per heavy atom. The zero-order valence-electron chi connectivity index (χ0n) is 22.0. The molecular formula is C31H33N3O5. The molecule has 2 fully saturated rings. The van der Waals surface area contributed by atoms with E-state index in [1.54, 1.807) is 0 Å². The van der Waals surface area contributed by atoms with Crippen LogP contribution >= 0.6 is 0 Å². The minimum Gasteiger partial charge on any atom is -0.486 e. The summed E-state index contributed by atoms with van der Waals surface area (Å²) in [5.74, 6) is 0.772. The number of hydrogen-bond acceptors (Lipinski definition) is 6. The van der Waals surface area contributed by atoms with Crippen molar-refractivity contribution >= 4 is 28.4 Å². The highest BCUT2D eigenvalue weighted by atomic mass is 16.7. The van der Waals surface area contributed by atoms with Crippen LogP contribution in [0.3, 0.4) is 0 Å². The van der Waals surface area contributed by atoms with Crippen molar-refractivity contribution in [2.75, 3.05) is 31.1 Å². The Hall–Kier alpha value is -4.01. The Balaban J connectivity index is 1.24. The fraction of sp³-hybridized carbons (Fsp3) is 0.323. The molecule has 0 radical (unpaired) electrons. The van der Waals surface area contributed by atoms with Crippen LogP contribution < -0.4 is 15.8 Å². The first-order valence-corrected chi connectivity index (χ1v) is 13.5. The number of nitrogens with zero attached hydrogens (tertiary/aromatic N) is 1. The molecule has 39 heavy (non-hydrogen) atoms. The van der Waals surface area contributed by atoms with Gasteiger partial charge in [-0.3, -0.25) is 5.32 Å². The number of carbonyl (C=O) groups excluding carboxylic acids is 1. The van der Waals surface area contributed by atoms with E-state index in [4.69, 9.17) is 24.7 Å². The van der Waals surface area contributed by atoms with E-state index in [0.717, 1.165) is 52.0 Å². The van der Waals surface area contributed by atoms with Gasteiger partial charge in [-0.25, -0.2) is 4.79 Å². The molecule has 8 nitrogen and oxygen atoms in total. The Morgan fingerprint density at radius 3 is 2.46 bits per heavy atom. The van der Waals surface area contributed by atoms with Gasteiger partial charge in [0, 0.05) is 28.7 Å². The number of rotatable bonds is 7. The fourth-order valence-corrected chi connectivity index (χ4v) is 5.25. The number of nitrogens with one attached hydrogen (secondary N) is 1. The third-order valence-electron chi connectivity index (χ3n) is 7.49. The van der Waals surface area contributed by atoms with Crippen molar-refractivity contribution in [2.24, 2.45) is 0 Å². The average Bonchev–Trinajstić information content (AvgIpc) is 3.20. The van der Waals surface area contributed by atoms with Gasteiger partial charge in [0.05, 0.1) is 30.1 Å². The van der Waals surface area contributed by atoms with Gasteiger partial charge in [0.15, 0.2) is 0 Å². The Labute approximate surface area is 227 Å². The van der Waals surface area contributed by atoms with Gasteiger partial charge in [-0.05, 0) is 56.0 Å². The molecule has 6 rings (SSSR count). The topological polar surface area (TPSA) is 97.0 Å². The molecule has 202 valence electrons. The molecule has 8 heteroatoms. The molecule has 0 unspecified atom stereocenters. The molecule has 3 aromatic carbocycles. The lowest BCUT2D eigenvalue weighted by Crippen LogP contribution is -2.33. The molecule has 0 spiro atoms. The predicted octanol–water partition coefficient (Wildman–Crippen LogP) is 6.68. The molecule has 1 aliphatic heterocycles. The number of carbonyl (C=O) groups is 1. The monoisotopic (exact) mass is 527 g/mol. The summed E-state index contributed by atoms with van der Waals surface area (Å²) < 4.78 is 24.8. The van der Waals surface area contributed by atoms with Crippen molar-refractivity contribution in [3.8, 4) is 17.0 Å². The zero-order chi connectivity index (χ0) is 26.8.